The topological polar surface area (TPSA) is 25.8 Å². The van der Waals surface area contributed by atoms with E-state index in [-0.39, 0.29) is 0 Å². The summed E-state index contributed by atoms with van der Waals surface area (Å²) in [4.78, 5) is 8.32. The second kappa shape index (κ2) is 5.81. The highest BCUT2D eigenvalue weighted by atomic mass is 32.2. The number of thioether (sulfide) groups is 1. The van der Waals surface area contributed by atoms with E-state index in [9.17, 15) is 0 Å². The van der Waals surface area contributed by atoms with Crippen LogP contribution < -0.4 is 0 Å². The van der Waals surface area contributed by atoms with E-state index in [0.29, 0.717) is 11.8 Å². The lowest BCUT2D eigenvalue weighted by Gasteiger charge is -2.14. The van der Waals surface area contributed by atoms with Crippen molar-refractivity contribution in [3.05, 3.63) is 31.1 Å². The zero-order chi connectivity index (χ0) is 10.4. The van der Waals surface area contributed by atoms with Crippen molar-refractivity contribution in [1.29, 1.82) is 0 Å². The Morgan fingerprint density at radius 2 is 2.07 bits per heavy atom. The standard InChI is InChI=1S/C11H16N2S/c1-4-9(2)10(3)8-14-11-12-6-5-7-13-11/h4-7,9-10H,1,8H2,2-3H3. The molecule has 0 fully saturated rings. The van der Waals surface area contributed by atoms with Gasteiger partial charge >= 0.3 is 0 Å². The van der Waals surface area contributed by atoms with E-state index >= 15 is 0 Å². The molecule has 1 aromatic rings. The highest BCUT2D eigenvalue weighted by Gasteiger charge is 2.09. The van der Waals surface area contributed by atoms with Crippen LogP contribution in [-0.4, -0.2) is 15.7 Å². The minimum absolute atomic E-state index is 0.547. The summed E-state index contributed by atoms with van der Waals surface area (Å²) in [5, 5.41) is 0.857. The molecule has 0 aromatic carbocycles. The van der Waals surface area contributed by atoms with Crippen molar-refractivity contribution in [2.75, 3.05) is 5.75 Å². The number of nitrogens with zero attached hydrogens (tertiary/aromatic N) is 2. The maximum absolute atomic E-state index is 4.16. The Morgan fingerprint density at radius 1 is 1.43 bits per heavy atom. The first-order chi connectivity index (χ1) is 6.74. The SMILES string of the molecule is C=CC(C)C(C)CSc1ncccn1. The van der Waals surface area contributed by atoms with Crippen LogP contribution in [0.1, 0.15) is 13.8 Å². The molecule has 0 N–H and O–H groups in total. The largest absolute Gasteiger partial charge is 0.231 e. The van der Waals surface area contributed by atoms with Gasteiger partial charge in [-0.25, -0.2) is 9.97 Å². The summed E-state index contributed by atoms with van der Waals surface area (Å²) < 4.78 is 0. The van der Waals surface area contributed by atoms with Crippen molar-refractivity contribution in [2.24, 2.45) is 11.8 Å². The van der Waals surface area contributed by atoms with Gasteiger partial charge < -0.3 is 0 Å². The molecule has 0 spiro atoms. The van der Waals surface area contributed by atoms with E-state index in [1.54, 1.807) is 24.2 Å². The molecule has 2 unspecified atom stereocenters. The van der Waals surface area contributed by atoms with Gasteiger partial charge in [-0.15, -0.1) is 6.58 Å². The third-order valence-corrected chi connectivity index (χ3v) is 3.45. The smallest absolute Gasteiger partial charge is 0.187 e. The van der Waals surface area contributed by atoms with Crippen LogP contribution in [0.5, 0.6) is 0 Å². The van der Waals surface area contributed by atoms with Crippen LogP contribution in [0.15, 0.2) is 36.3 Å². The summed E-state index contributed by atoms with van der Waals surface area (Å²) in [6.45, 7) is 8.21. The second-order valence-electron chi connectivity index (χ2n) is 3.41. The fourth-order valence-electron chi connectivity index (χ4n) is 0.950. The van der Waals surface area contributed by atoms with Gasteiger partial charge in [0.1, 0.15) is 0 Å². The Kier molecular flexibility index (Phi) is 4.66. The normalized spacial score (nSPS) is 14.7. The van der Waals surface area contributed by atoms with Crippen molar-refractivity contribution in [3.8, 4) is 0 Å². The number of hydrogen-bond acceptors (Lipinski definition) is 3. The van der Waals surface area contributed by atoms with Crippen LogP contribution in [0.3, 0.4) is 0 Å². The highest BCUT2D eigenvalue weighted by Crippen LogP contribution is 2.21. The zero-order valence-corrected chi connectivity index (χ0v) is 9.50. The molecule has 1 aromatic heterocycles. The first kappa shape index (κ1) is 11.2. The first-order valence-corrected chi connectivity index (χ1v) is 5.75. The summed E-state index contributed by atoms with van der Waals surface area (Å²) in [7, 11) is 0. The summed E-state index contributed by atoms with van der Waals surface area (Å²) in [6, 6.07) is 1.83. The van der Waals surface area contributed by atoms with Gasteiger partial charge in [-0.05, 0) is 17.9 Å². The monoisotopic (exact) mass is 208 g/mol. The number of hydrogen-bond donors (Lipinski definition) is 0. The number of aromatic nitrogens is 2. The van der Waals surface area contributed by atoms with Crippen LogP contribution >= 0.6 is 11.8 Å². The molecule has 2 atom stereocenters. The molecule has 76 valence electrons. The lowest BCUT2D eigenvalue weighted by Crippen LogP contribution is -2.07. The van der Waals surface area contributed by atoms with E-state index in [2.05, 4.69) is 30.4 Å². The second-order valence-corrected chi connectivity index (χ2v) is 4.40. The van der Waals surface area contributed by atoms with Crippen molar-refractivity contribution in [3.63, 3.8) is 0 Å². The quantitative estimate of drug-likeness (QED) is 0.422. The molecule has 0 aliphatic rings. The predicted molar refractivity (Wildman–Crippen MR) is 61.3 cm³/mol. The molecule has 1 rings (SSSR count). The van der Waals surface area contributed by atoms with Crippen LogP contribution in [0.25, 0.3) is 0 Å². The average molecular weight is 208 g/mol. The van der Waals surface area contributed by atoms with Crippen molar-refractivity contribution < 1.29 is 0 Å². The Morgan fingerprint density at radius 3 is 2.64 bits per heavy atom. The van der Waals surface area contributed by atoms with E-state index in [0.717, 1.165) is 10.9 Å². The molecule has 0 radical (unpaired) electrons. The van der Waals surface area contributed by atoms with Gasteiger partial charge in [0.05, 0.1) is 0 Å². The molecule has 2 nitrogen and oxygen atoms in total. The third-order valence-electron chi connectivity index (χ3n) is 2.29. The molecule has 14 heavy (non-hydrogen) atoms. The molecule has 0 aliphatic carbocycles. The fourth-order valence-corrected chi connectivity index (χ4v) is 1.94. The van der Waals surface area contributed by atoms with Gasteiger partial charge in [-0.3, -0.25) is 0 Å². The first-order valence-electron chi connectivity index (χ1n) is 4.76. The van der Waals surface area contributed by atoms with Crippen LogP contribution in [0, 0.1) is 11.8 Å². The molecule has 0 saturated heterocycles. The van der Waals surface area contributed by atoms with Gasteiger partial charge in [0.15, 0.2) is 5.16 Å². The van der Waals surface area contributed by atoms with Crippen molar-refractivity contribution in [1.82, 2.24) is 9.97 Å². The number of rotatable bonds is 5. The minimum Gasteiger partial charge on any atom is -0.231 e. The van der Waals surface area contributed by atoms with E-state index in [4.69, 9.17) is 0 Å². The lowest BCUT2D eigenvalue weighted by atomic mass is 9.99. The molecule has 1 heterocycles. The molecule has 0 bridgehead atoms. The Hall–Kier alpha value is -0.830. The van der Waals surface area contributed by atoms with Crippen LogP contribution in [-0.2, 0) is 0 Å². The average Bonchev–Trinajstić information content (AvgIpc) is 2.26. The molecule has 0 amide bonds. The highest BCUT2D eigenvalue weighted by molar-refractivity contribution is 7.99. The molecule has 0 aliphatic heterocycles. The Labute approximate surface area is 89.9 Å². The maximum Gasteiger partial charge on any atom is 0.187 e. The van der Waals surface area contributed by atoms with Gasteiger partial charge in [-0.2, -0.15) is 0 Å². The van der Waals surface area contributed by atoms with E-state index in [1.165, 1.54) is 0 Å². The lowest BCUT2D eigenvalue weighted by molar-refractivity contribution is 0.513. The van der Waals surface area contributed by atoms with E-state index in [1.807, 2.05) is 12.1 Å². The third kappa shape index (κ3) is 3.50. The molecular weight excluding hydrogens is 192 g/mol. The Balaban J connectivity index is 2.37. The van der Waals surface area contributed by atoms with Gasteiger partial charge in [-0.1, -0.05) is 31.7 Å². The number of allylic oxidation sites excluding steroid dienone is 1. The van der Waals surface area contributed by atoms with Crippen molar-refractivity contribution >= 4 is 11.8 Å². The van der Waals surface area contributed by atoms with Gasteiger partial charge in [0, 0.05) is 18.1 Å². The molecule has 0 saturated carbocycles. The summed E-state index contributed by atoms with van der Waals surface area (Å²) in [6.07, 6.45) is 5.55. The molecule has 3 heteroatoms. The predicted octanol–water partition coefficient (Wildman–Crippen LogP) is 3.03. The van der Waals surface area contributed by atoms with Crippen LogP contribution in [0.2, 0.25) is 0 Å². The van der Waals surface area contributed by atoms with Crippen LogP contribution in [0.4, 0.5) is 0 Å². The van der Waals surface area contributed by atoms with Gasteiger partial charge in [0.25, 0.3) is 0 Å². The summed E-state index contributed by atoms with van der Waals surface area (Å²) >= 11 is 1.70. The van der Waals surface area contributed by atoms with Gasteiger partial charge in [0.2, 0.25) is 0 Å². The summed E-state index contributed by atoms with van der Waals surface area (Å²) in [5.74, 6) is 2.20. The van der Waals surface area contributed by atoms with E-state index < -0.39 is 0 Å². The minimum atomic E-state index is 0.547. The molecular formula is C11H16N2S. The summed E-state index contributed by atoms with van der Waals surface area (Å²) in [5.41, 5.74) is 0. The Bertz CT molecular complexity index is 274. The zero-order valence-electron chi connectivity index (χ0n) is 8.68. The maximum atomic E-state index is 4.16. The van der Waals surface area contributed by atoms with Crippen molar-refractivity contribution in [2.45, 2.75) is 19.0 Å². The fraction of sp³-hybridized carbons (Fsp3) is 0.455.